The molecule has 0 spiro atoms. The predicted molar refractivity (Wildman–Crippen MR) is 65.5 cm³/mol. The number of rotatable bonds is 6. The lowest BCUT2D eigenvalue weighted by molar-refractivity contribution is 0.248. The molecule has 0 amide bonds. The minimum atomic E-state index is -0.522. The first-order valence-electron chi connectivity index (χ1n) is 5.72. The van der Waals surface area contributed by atoms with Gasteiger partial charge < -0.3 is 15.7 Å². The summed E-state index contributed by atoms with van der Waals surface area (Å²) >= 11 is 0. The number of aliphatic hydroxyl groups is 1. The molecule has 1 aromatic rings. The van der Waals surface area contributed by atoms with Crippen LogP contribution in [0.15, 0.2) is 6.20 Å². The summed E-state index contributed by atoms with van der Waals surface area (Å²) in [7, 11) is 0. The highest BCUT2D eigenvalue weighted by Gasteiger charge is 2.15. The molecule has 1 rings (SSSR count). The first kappa shape index (κ1) is 13.6. The van der Waals surface area contributed by atoms with Crippen LogP contribution in [-0.2, 0) is 0 Å². The molecular weight excluding hydrogens is 223 g/mol. The first-order chi connectivity index (χ1) is 8.08. The van der Waals surface area contributed by atoms with Crippen molar-refractivity contribution in [2.24, 2.45) is 5.92 Å². The van der Waals surface area contributed by atoms with E-state index in [9.17, 15) is 9.50 Å². The minimum absolute atomic E-state index is 0.0718. The average Bonchev–Trinajstić information content (AvgIpc) is 2.29. The molecule has 1 aromatic heterocycles. The fraction of sp³-hybridized carbons (Fsp3) is 0.636. The van der Waals surface area contributed by atoms with E-state index in [1.165, 1.54) is 0 Å². The molecule has 0 fully saturated rings. The highest BCUT2D eigenvalue weighted by Crippen LogP contribution is 2.15. The summed E-state index contributed by atoms with van der Waals surface area (Å²) < 4.78 is 13.5. The summed E-state index contributed by atoms with van der Waals surface area (Å²) in [6, 6.07) is -0.228. The van der Waals surface area contributed by atoms with Crippen LogP contribution < -0.4 is 10.6 Å². The van der Waals surface area contributed by atoms with Crippen LogP contribution >= 0.6 is 0 Å². The molecule has 3 N–H and O–H groups in total. The third-order valence-electron chi connectivity index (χ3n) is 2.40. The van der Waals surface area contributed by atoms with Crippen LogP contribution in [0.5, 0.6) is 0 Å². The molecule has 0 saturated heterocycles. The van der Waals surface area contributed by atoms with E-state index in [0.29, 0.717) is 12.5 Å². The van der Waals surface area contributed by atoms with Crippen LogP contribution in [0.3, 0.4) is 0 Å². The van der Waals surface area contributed by atoms with Crippen molar-refractivity contribution in [3.8, 4) is 0 Å². The zero-order valence-corrected chi connectivity index (χ0v) is 10.4. The Morgan fingerprint density at radius 1 is 1.47 bits per heavy atom. The standard InChI is InChI=1S/C11H19FN4O/c1-4-13-11-14-5-8(12)10(16-11)15-9(6-17)7(2)3/h5,7,9,17H,4,6H2,1-3H3,(H2,13,14,15,16)/t9-/m1/s1. The number of nitrogens with one attached hydrogen (secondary N) is 2. The van der Waals surface area contributed by atoms with Gasteiger partial charge in [-0.25, -0.2) is 9.37 Å². The van der Waals surface area contributed by atoms with Gasteiger partial charge in [0.2, 0.25) is 5.95 Å². The highest BCUT2D eigenvalue weighted by molar-refractivity contribution is 5.41. The Bertz CT molecular complexity index is 359. The van der Waals surface area contributed by atoms with Crippen LogP contribution in [0, 0.1) is 11.7 Å². The third kappa shape index (κ3) is 3.81. The molecule has 1 heterocycles. The second-order valence-electron chi connectivity index (χ2n) is 4.10. The van der Waals surface area contributed by atoms with E-state index in [4.69, 9.17) is 0 Å². The van der Waals surface area contributed by atoms with Gasteiger partial charge >= 0.3 is 0 Å². The van der Waals surface area contributed by atoms with Gasteiger partial charge in [-0.15, -0.1) is 0 Å². The molecule has 0 aliphatic rings. The van der Waals surface area contributed by atoms with Crippen molar-refractivity contribution >= 4 is 11.8 Å². The normalized spacial score (nSPS) is 12.6. The summed E-state index contributed by atoms with van der Waals surface area (Å²) in [6.45, 7) is 6.39. The lowest BCUT2D eigenvalue weighted by Gasteiger charge is -2.20. The molecule has 0 bridgehead atoms. The highest BCUT2D eigenvalue weighted by atomic mass is 19.1. The Balaban J connectivity index is 2.84. The Labute approximate surface area is 100 Å². The molecule has 0 aliphatic carbocycles. The fourth-order valence-corrected chi connectivity index (χ4v) is 1.31. The van der Waals surface area contributed by atoms with Gasteiger partial charge in [-0.05, 0) is 12.8 Å². The zero-order chi connectivity index (χ0) is 12.8. The summed E-state index contributed by atoms with van der Waals surface area (Å²) in [5.74, 6) is 0.142. The number of hydrogen-bond acceptors (Lipinski definition) is 5. The van der Waals surface area contributed by atoms with Crippen molar-refractivity contribution in [3.05, 3.63) is 12.0 Å². The molecule has 1 atom stereocenters. The van der Waals surface area contributed by atoms with Gasteiger partial charge in [0.05, 0.1) is 18.8 Å². The maximum Gasteiger partial charge on any atom is 0.224 e. The Hall–Kier alpha value is -1.43. The van der Waals surface area contributed by atoms with Crippen LogP contribution in [0.4, 0.5) is 16.2 Å². The van der Waals surface area contributed by atoms with E-state index < -0.39 is 5.82 Å². The molecular formula is C11H19FN4O. The molecule has 0 radical (unpaired) electrons. The van der Waals surface area contributed by atoms with Crippen molar-refractivity contribution in [2.75, 3.05) is 23.8 Å². The van der Waals surface area contributed by atoms with Crippen LogP contribution in [-0.4, -0.2) is 34.3 Å². The lowest BCUT2D eigenvalue weighted by atomic mass is 10.1. The Morgan fingerprint density at radius 2 is 2.18 bits per heavy atom. The second kappa shape index (κ2) is 6.34. The molecule has 5 nitrogen and oxygen atoms in total. The number of hydrogen-bond donors (Lipinski definition) is 3. The predicted octanol–water partition coefficient (Wildman–Crippen LogP) is 1.48. The second-order valence-corrected chi connectivity index (χ2v) is 4.10. The van der Waals surface area contributed by atoms with E-state index in [-0.39, 0.29) is 24.4 Å². The quantitative estimate of drug-likeness (QED) is 0.705. The van der Waals surface area contributed by atoms with Crippen molar-refractivity contribution in [1.82, 2.24) is 9.97 Å². The third-order valence-corrected chi connectivity index (χ3v) is 2.40. The molecule has 0 aliphatic heterocycles. The van der Waals surface area contributed by atoms with E-state index in [0.717, 1.165) is 6.20 Å². The molecule has 96 valence electrons. The van der Waals surface area contributed by atoms with Gasteiger partial charge in [0.25, 0.3) is 0 Å². The SMILES string of the molecule is CCNc1ncc(F)c(N[C@H](CO)C(C)C)n1. The van der Waals surface area contributed by atoms with Crippen molar-refractivity contribution in [2.45, 2.75) is 26.8 Å². The largest absolute Gasteiger partial charge is 0.394 e. The number of halogens is 1. The smallest absolute Gasteiger partial charge is 0.224 e. The van der Waals surface area contributed by atoms with Gasteiger partial charge in [-0.2, -0.15) is 4.98 Å². The van der Waals surface area contributed by atoms with Crippen molar-refractivity contribution in [3.63, 3.8) is 0 Å². The van der Waals surface area contributed by atoms with Gasteiger partial charge in [0.1, 0.15) is 0 Å². The van der Waals surface area contributed by atoms with E-state index in [1.54, 1.807) is 0 Å². The van der Waals surface area contributed by atoms with Gasteiger partial charge in [-0.1, -0.05) is 13.8 Å². The van der Waals surface area contributed by atoms with Crippen LogP contribution in [0.1, 0.15) is 20.8 Å². The van der Waals surface area contributed by atoms with Gasteiger partial charge in [0, 0.05) is 6.54 Å². The molecule has 17 heavy (non-hydrogen) atoms. The fourth-order valence-electron chi connectivity index (χ4n) is 1.31. The van der Waals surface area contributed by atoms with Crippen LogP contribution in [0.25, 0.3) is 0 Å². The minimum Gasteiger partial charge on any atom is -0.394 e. The number of aromatic nitrogens is 2. The molecule has 6 heteroatoms. The average molecular weight is 242 g/mol. The maximum atomic E-state index is 13.5. The van der Waals surface area contributed by atoms with Gasteiger partial charge in [-0.3, -0.25) is 0 Å². The topological polar surface area (TPSA) is 70.1 Å². The monoisotopic (exact) mass is 242 g/mol. The first-order valence-corrected chi connectivity index (χ1v) is 5.72. The van der Waals surface area contributed by atoms with E-state index >= 15 is 0 Å². The maximum absolute atomic E-state index is 13.5. The number of nitrogens with zero attached hydrogens (tertiary/aromatic N) is 2. The Morgan fingerprint density at radius 3 is 2.71 bits per heavy atom. The van der Waals surface area contributed by atoms with Gasteiger partial charge in [0.15, 0.2) is 11.6 Å². The molecule has 0 unspecified atom stereocenters. The molecule has 0 saturated carbocycles. The van der Waals surface area contributed by atoms with Crippen molar-refractivity contribution in [1.29, 1.82) is 0 Å². The summed E-state index contributed by atoms with van der Waals surface area (Å²) in [5, 5.41) is 15.0. The number of anilines is 2. The zero-order valence-electron chi connectivity index (χ0n) is 10.4. The summed E-state index contributed by atoms with van der Waals surface area (Å²) in [6.07, 6.45) is 1.11. The molecule has 0 aromatic carbocycles. The van der Waals surface area contributed by atoms with E-state index in [2.05, 4.69) is 20.6 Å². The van der Waals surface area contributed by atoms with Crippen LogP contribution in [0.2, 0.25) is 0 Å². The Kier molecular flexibility index (Phi) is 5.09. The lowest BCUT2D eigenvalue weighted by Crippen LogP contribution is -2.30. The number of aliphatic hydroxyl groups excluding tert-OH is 1. The summed E-state index contributed by atoms with van der Waals surface area (Å²) in [5.41, 5.74) is 0. The van der Waals surface area contributed by atoms with E-state index in [1.807, 2.05) is 20.8 Å². The summed E-state index contributed by atoms with van der Waals surface area (Å²) in [4.78, 5) is 7.82. The van der Waals surface area contributed by atoms with Crippen molar-refractivity contribution < 1.29 is 9.50 Å².